The summed E-state index contributed by atoms with van der Waals surface area (Å²) in [5, 5.41) is 2.71. The number of nitrogens with zero attached hydrogens (tertiary/aromatic N) is 1. The van der Waals surface area contributed by atoms with E-state index in [0.29, 0.717) is 6.29 Å². The molecule has 0 fully saturated rings. The van der Waals surface area contributed by atoms with Crippen molar-refractivity contribution in [1.29, 1.82) is 0 Å². The van der Waals surface area contributed by atoms with E-state index in [-0.39, 0.29) is 21.8 Å². The van der Waals surface area contributed by atoms with Gasteiger partial charge in [-0.15, -0.1) is 0 Å². The van der Waals surface area contributed by atoms with Crippen LogP contribution in [0.2, 0.25) is 5.15 Å². The standard InChI is InChI=1S/C12H9ClN2O3S/c13-10-9(6-16)19-11(14-10)15-12(17)18-7-8-4-2-1-3-5-8/h1-6H,7H2,(H,14,15,17). The number of aldehydes is 1. The first-order valence-electron chi connectivity index (χ1n) is 5.28. The smallest absolute Gasteiger partial charge is 0.413 e. The van der Waals surface area contributed by atoms with Crippen molar-refractivity contribution in [3.05, 3.63) is 45.9 Å². The number of anilines is 1. The molecule has 0 saturated carbocycles. The van der Waals surface area contributed by atoms with Crippen LogP contribution in [0.1, 0.15) is 15.2 Å². The number of carbonyl (C=O) groups excluding carboxylic acids is 2. The lowest BCUT2D eigenvalue weighted by atomic mass is 10.2. The normalized spacial score (nSPS) is 9.95. The highest BCUT2D eigenvalue weighted by atomic mass is 35.5. The number of benzene rings is 1. The second kappa shape index (κ2) is 6.31. The molecular formula is C12H9ClN2O3S. The highest BCUT2D eigenvalue weighted by Gasteiger charge is 2.11. The van der Waals surface area contributed by atoms with E-state index in [1.54, 1.807) is 0 Å². The SMILES string of the molecule is O=Cc1sc(NC(=O)OCc2ccccc2)nc1Cl. The summed E-state index contributed by atoms with van der Waals surface area (Å²) < 4.78 is 5.00. The molecule has 1 aromatic carbocycles. The number of hydrogen-bond acceptors (Lipinski definition) is 5. The van der Waals surface area contributed by atoms with E-state index >= 15 is 0 Å². The zero-order valence-corrected chi connectivity index (χ0v) is 11.2. The highest BCUT2D eigenvalue weighted by Crippen LogP contribution is 2.25. The number of halogens is 1. The molecule has 1 amide bonds. The molecule has 7 heteroatoms. The molecule has 2 aromatic rings. The van der Waals surface area contributed by atoms with Crippen LogP contribution in [0.25, 0.3) is 0 Å². The van der Waals surface area contributed by atoms with E-state index in [9.17, 15) is 9.59 Å². The molecule has 0 atom stereocenters. The molecule has 0 radical (unpaired) electrons. The van der Waals surface area contributed by atoms with Gasteiger partial charge in [0.2, 0.25) is 0 Å². The second-order valence-corrected chi connectivity index (χ2v) is 4.87. The van der Waals surface area contributed by atoms with Crippen LogP contribution in [-0.4, -0.2) is 17.4 Å². The van der Waals surface area contributed by atoms with Crippen molar-refractivity contribution in [1.82, 2.24) is 4.98 Å². The Morgan fingerprint density at radius 1 is 1.42 bits per heavy atom. The molecule has 0 unspecified atom stereocenters. The molecule has 1 heterocycles. The minimum Gasteiger partial charge on any atom is -0.444 e. The van der Waals surface area contributed by atoms with Crippen molar-refractivity contribution < 1.29 is 14.3 Å². The van der Waals surface area contributed by atoms with Crippen molar-refractivity contribution in [2.75, 3.05) is 5.32 Å². The first-order valence-corrected chi connectivity index (χ1v) is 6.47. The number of ether oxygens (including phenoxy) is 1. The number of amides is 1. The van der Waals surface area contributed by atoms with Crippen molar-refractivity contribution in [3.63, 3.8) is 0 Å². The lowest BCUT2D eigenvalue weighted by Gasteiger charge is -2.04. The largest absolute Gasteiger partial charge is 0.444 e. The number of thiazole rings is 1. The molecule has 0 bridgehead atoms. The summed E-state index contributed by atoms with van der Waals surface area (Å²) in [6.45, 7) is 0.159. The van der Waals surface area contributed by atoms with Gasteiger partial charge in [-0.05, 0) is 5.56 Å². The third-order valence-electron chi connectivity index (χ3n) is 2.14. The molecule has 0 spiro atoms. The Kier molecular flexibility index (Phi) is 4.48. The van der Waals surface area contributed by atoms with Gasteiger partial charge in [0, 0.05) is 0 Å². The maximum Gasteiger partial charge on any atom is 0.413 e. The van der Waals surface area contributed by atoms with Crippen LogP contribution < -0.4 is 5.32 Å². The van der Waals surface area contributed by atoms with Gasteiger partial charge in [-0.25, -0.2) is 9.78 Å². The maximum atomic E-state index is 11.5. The fourth-order valence-electron chi connectivity index (χ4n) is 1.29. The number of carbonyl (C=O) groups is 2. The van der Waals surface area contributed by atoms with Gasteiger partial charge in [-0.1, -0.05) is 53.3 Å². The number of nitrogens with one attached hydrogen (secondary N) is 1. The van der Waals surface area contributed by atoms with Crippen LogP contribution in [0.5, 0.6) is 0 Å². The van der Waals surface area contributed by atoms with Gasteiger partial charge in [-0.3, -0.25) is 10.1 Å². The summed E-state index contributed by atoms with van der Waals surface area (Å²) in [4.78, 5) is 26.2. The third-order valence-corrected chi connectivity index (χ3v) is 3.43. The fraction of sp³-hybridized carbons (Fsp3) is 0.0833. The minimum absolute atomic E-state index is 0.0679. The van der Waals surface area contributed by atoms with Crippen molar-refractivity contribution in [2.24, 2.45) is 0 Å². The van der Waals surface area contributed by atoms with Gasteiger partial charge in [0.25, 0.3) is 0 Å². The first kappa shape index (κ1) is 13.5. The number of rotatable bonds is 4. The Bertz CT molecular complexity index is 586. The van der Waals surface area contributed by atoms with Gasteiger partial charge in [0.1, 0.15) is 11.5 Å². The number of aromatic nitrogens is 1. The quantitative estimate of drug-likeness (QED) is 0.878. The molecule has 1 N–H and O–H groups in total. The third kappa shape index (κ3) is 3.77. The molecule has 1 aromatic heterocycles. The van der Waals surface area contributed by atoms with Crippen molar-refractivity contribution in [2.45, 2.75) is 6.61 Å². The molecule has 0 aliphatic carbocycles. The van der Waals surface area contributed by atoms with E-state index in [4.69, 9.17) is 16.3 Å². The van der Waals surface area contributed by atoms with E-state index in [0.717, 1.165) is 16.9 Å². The van der Waals surface area contributed by atoms with Gasteiger partial charge >= 0.3 is 6.09 Å². The predicted molar refractivity (Wildman–Crippen MR) is 72.8 cm³/mol. The Hall–Kier alpha value is -1.92. The van der Waals surface area contributed by atoms with Gasteiger partial charge in [-0.2, -0.15) is 0 Å². The van der Waals surface area contributed by atoms with Crippen LogP contribution in [0, 0.1) is 0 Å². The van der Waals surface area contributed by atoms with E-state index in [2.05, 4.69) is 10.3 Å². The summed E-state index contributed by atoms with van der Waals surface area (Å²) in [6.07, 6.45) is -0.0627. The molecule has 2 rings (SSSR count). The van der Waals surface area contributed by atoms with Gasteiger partial charge in [0.15, 0.2) is 16.6 Å². The zero-order chi connectivity index (χ0) is 13.7. The Morgan fingerprint density at radius 3 is 2.79 bits per heavy atom. The summed E-state index contributed by atoms with van der Waals surface area (Å²) in [7, 11) is 0. The Labute approximate surface area is 118 Å². The Morgan fingerprint density at radius 2 is 2.16 bits per heavy atom. The van der Waals surface area contributed by atoms with E-state index in [1.807, 2.05) is 30.3 Å². The molecule has 5 nitrogen and oxygen atoms in total. The zero-order valence-electron chi connectivity index (χ0n) is 9.63. The van der Waals surface area contributed by atoms with Gasteiger partial charge < -0.3 is 4.74 Å². The molecule has 0 saturated heterocycles. The van der Waals surface area contributed by atoms with Crippen LogP contribution in [0.3, 0.4) is 0 Å². The average Bonchev–Trinajstić information content (AvgIpc) is 2.77. The predicted octanol–water partition coefficient (Wildman–Crippen LogP) is 3.36. The monoisotopic (exact) mass is 296 g/mol. The Balaban J connectivity index is 1.89. The molecule has 0 aliphatic rings. The lowest BCUT2D eigenvalue weighted by Crippen LogP contribution is -2.13. The average molecular weight is 297 g/mol. The molecule has 0 aliphatic heterocycles. The molecule has 19 heavy (non-hydrogen) atoms. The van der Waals surface area contributed by atoms with Gasteiger partial charge in [0.05, 0.1) is 0 Å². The summed E-state index contributed by atoms with van der Waals surface area (Å²) >= 11 is 6.66. The van der Waals surface area contributed by atoms with Crippen LogP contribution in [0.15, 0.2) is 30.3 Å². The topological polar surface area (TPSA) is 68.3 Å². The fourth-order valence-corrected chi connectivity index (χ4v) is 2.24. The van der Waals surface area contributed by atoms with Crippen LogP contribution in [-0.2, 0) is 11.3 Å². The van der Waals surface area contributed by atoms with E-state index < -0.39 is 6.09 Å². The summed E-state index contributed by atoms with van der Waals surface area (Å²) in [6, 6.07) is 9.28. The number of hydrogen-bond donors (Lipinski definition) is 1. The highest BCUT2D eigenvalue weighted by molar-refractivity contribution is 7.17. The summed E-state index contributed by atoms with van der Waals surface area (Å²) in [5.41, 5.74) is 0.878. The van der Waals surface area contributed by atoms with Crippen molar-refractivity contribution in [3.8, 4) is 0 Å². The molecule has 98 valence electrons. The molecular weight excluding hydrogens is 288 g/mol. The van der Waals surface area contributed by atoms with Crippen molar-refractivity contribution >= 4 is 40.4 Å². The van der Waals surface area contributed by atoms with E-state index in [1.165, 1.54) is 0 Å². The summed E-state index contributed by atoms with van der Waals surface area (Å²) in [5.74, 6) is 0. The lowest BCUT2D eigenvalue weighted by molar-refractivity contribution is 0.112. The minimum atomic E-state index is -0.647. The second-order valence-electron chi connectivity index (χ2n) is 3.48. The first-order chi connectivity index (χ1) is 9.19. The van der Waals surface area contributed by atoms with Crippen LogP contribution >= 0.6 is 22.9 Å². The maximum absolute atomic E-state index is 11.5. The van der Waals surface area contributed by atoms with Crippen LogP contribution in [0.4, 0.5) is 9.93 Å².